The van der Waals surface area contributed by atoms with Crippen LogP contribution in [0.25, 0.3) is 17.3 Å². The van der Waals surface area contributed by atoms with E-state index in [9.17, 15) is 4.79 Å². The molecular weight excluding hydrogens is 374 g/mol. The predicted molar refractivity (Wildman–Crippen MR) is 119 cm³/mol. The van der Waals surface area contributed by atoms with Crippen LogP contribution in [0, 0.1) is 13.8 Å². The van der Waals surface area contributed by atoms with Crippen molar-refractivity contribution < 1.29 is 9.53 Å². The highest BCUT2D eigenvalue weighted by atomic mass is 16.5. The van der Waals surface area contributed by atoms with E-state index in [4.69, 9.17) is 9.84 Å². The highest BCUT2D eigenvalue weighted by molar-refractivity contribution is 5.93. The van der Waals surface area contributed by atoms with Gasteiger partial charge in [-0.15, -0.1) is 0 Å². The quantitative estimate of drug-likeness (QED) is 0.605. The average Bonchev–Trinajstić information content (AvgIpc) is 3.18. The van der Waals surface area contributed by atoms with Gasteiger partial charge in [0.2, 0.25) is 5.91 Å². The lowest BCUT2D eigenvalue weighted by Gasteiger charge is -2.25. The van der Waals surface area contributed by atoms with Gasteiger partial charge in [-0.25, -0.2) is 0 Å². The van der Waals surface area contributed by atoms with Crippen molar-refractivity contribution in [3.05, 3.63) is 83.1 Å². The average molecular weight is 402 g/mol. The third kappa shape index (κ3) is 4.69. The normalized spacial score (nSPS) is 14.4. The number of carbonyl (C=O) groups excluding carboxylic acids is 1. The summed E-state index contributed by atoms with van der Waals surface area (Å²) in [4.78, 5) is 14.4. The maximum absolute atomic E-state index is 12.6. The van der Waals surface area contributed by atoms with Gasteiger partial charge >= 0.3 is 0 Å². The van der Waals surface area contributed by atoms with E-state index in [1.807, 2.05) is 40.1 Å². The lowest BCUT2D eigenvalue weighted by atomic mass is 10.0. The number of ether oxygens (including phenoxy) is 1. The largest absolute Gasteiger partial charge is 0.378 e. The van der Waals surface area contributed by atoms with Crippen molar-refractivity contribution >= 4 is 12.0 Å². The van der Waals surface area contributed by atoms with Crippen molar-refractivity contribution in [2.24, 2.45) is 0 Å². The molecule has 1 amide bonds. The van der Waals surface area contributed by atoms with Crippen LogP contribution in [0.5, 0.6) is 0 Å². The Morgan fingerprint density at radius 3 is 2.57 bits per heavy atom. The monoisotopic (exact) mass is 401 g/mol. The number of rotatable bonds is 5. The van der Waals surface area contributed by atoms with E-state index in [1.54, 1.807) is 6.08 Å². The topological polar surface area (TPSA) is 47.4 Å². The van der Waals surface area contributed by atoms with Crippen molar-refractivity contribution in [3.63, 3.8) is 0 Å². The first kappa shape index (κ1) is 20.1. The molecule has 0 spiro atoms. The second kappa shape index (κ2) is 9.09. The number of nitrogens with zero attached hydrogens (tertiary/aromatic N) is 3. The van der Waals surface area contributed by atoms with Crippen LogP contribution in [-0.2, 0) is 16.1 Å². The minimum absolute atomic E-state index is 0.0140. The molecule has 0 unspecified atom stereocenters. The van der Waals surface area contributed by atoms with Gasteiger partial charge in [0.15, 0.2) is 0 Å². The Bertz CT molecular complexity index is 1050. The Hall–Kier alpha value is -3.18. The number of morpholine rings is 1. The molecule has 5 heteroatoms. The van der Waals surface area contributed by atoms with Crippen LogP contribution in [0.1, 0.15) is 22.3 Å². The Kier molecular flexibility index (Phi) is 6.10. The van der Waals surface area contributed by atoms with Gasteiger partial charge in [0.1, 0.15) is 0 Å². The third-order valence-corrected chi connectivity index (χ3v) is 5.49. The first-order valence-electron chi connectivity index (χ1n) is 10.3. The standard InChI is InChI=1S/C25H27N3O2/c1-19-8-9-22(16-20(19)2)25-23(10-11-24(29)27-12-14-30-15-13-27)18-28(26-25)17-21-6-4-3-5-7-21/h3-11,16,18H,12-15,17H2,1-2H3/b11-10+. The van der Waals surface area contributed by atoms with Crippen LogP contribution in [-0.4, -0.2) is 46.9 Å². The Labute approximate surface area is 177 Å². The highest BCUT2D eigenvalue weighted by Crippen LogP contribution is 2.26. The lowest BCUT2D eigenvalue weighted by molar-refractivity contribution is -0.129. The van der Waals surface area contributed by atoms with Gasteiger partial charge in [-0.05, 0) is 42.7 Å². The van der Waals surface area contributed by atoms with Crippen LogP contribution >= 0.6 is 0 Å². The first-order chi connectivity index (χ1) is 14.6. The van der Waals surface area contributed by atoms with Crippen molar-refractivity contribution in [3.8, 4) is 11.3 Å². The number of aryl methyl sites for hydroxylation is 2. The number of benzene rings is 2. The van der Waals surface area contributed by atoms with Gasteiger partial charge in [-0.1, -0.05) is 42.5 Å². The molecule has 154 valence electrons. The molecule has 1 saturated heterocycles. The van der Waals surface area contributed by atoms with Gasteiger partial charge in [0, 0.05) is 36.5 Å². The number of aromatic nitrogens is 2. The molecule has 3 aromatic rings. The zero-order chi connectivity index (χ0) is 20.9. The lowest BCUT2D eigenvalue weighted by Crippen LogP contribution is -2.39. The molecule has 30 heavy (non-hydrogen) atoms. The fourth-order valence-corrected chi connectivity index (χ4v) is 3.57. The smallest absolute Gasteiger partial charge is 0.246 e. The van der Waals surface area contributed by atoms with E-state index in [-0.39, 0.29) is 5.91 Å². The summed E-state index contributed by atoms with van der Waals surface area (Å²) in [7, 11) is 0. The van der Waals surface area contributed by atoms with Crippen LogP contribution in [0.4, 0.5) is 0 Å². The van der Waals surface area contributed by atoms with E-state index in [0.717, 1.165) is 16.8 Å². The number of carbonyl (C=O) groups is 1. The molecule has 2 heterocycles. The molecule has 1 aliphatic heterocycles. The molecule has 0 N–H and O–H groups in total. The van der Waals surface area contributed by atoms with E-state index < -0.39 is 0 Å². The summed E-state index contributed by atoms with van der Waals surface area (Å²) in [6.45, 7) is 7.38. The molecular formula is C25H27N3O2. The van der Waals surface area contributed by atoms with Crippen LogP contribution in [0.2, 0.25) is 0 Å². The zero-order valence-electron chi connectivity index (χ0n) is 17.5. The molecule has 1 fully saturated rings. The Morgan fingerprint density at radius 1 is 1.07 bits per heavy atom. The van der Waals surface area contributed by atoms with Crippen molar-refractivity contribution in [2.75, 3.05) is 26.3 Å². The SMILES string of the molecule is Cc1ccc(-c2nn(Cc3ccccc3)cc2/C=C/C(=O)N2CCOCC2)cc1C. The fourth-order valence-electron chi connectivity index (χ4n) is 3.57. The summed E-state index contributed by atoms with van der Waals surface area (Å²) < 4.78 is 7.28. The van der Waals surface area contributed by atoms with E-state index in [0.29, 0.717) is 32.8 Å². The summed E-state index contributed by atoms with van der Waals surface area (Å²) in [5, 5.41) is 4.86. The molecule has 1 aliphatic rings. The second-order valence-electron chi connectivity index (χ2n) is 7.69. The van der Waals surface area contributed by atoms with Gasteiger partial charge < -0.3 is 9.64 Å². The number of amides is 1. The fraction of sp³-hybridized carbons (Fsp3) is 0.280. The van der Waals surface area contributed by atoms with Gasteiger partial charge in [0.25, 0.3) is 0 Å². The predicted octanol–water partition coefficient (Wildman–Crippen LogP) is 4.09. The van der Waals surface area contributed by atoms with Gasteiger partial charge in [-0.2, -0.15) is 5.10 Å². The maximum atomic E-state index is 12.6. The molecule has 0 saturated carbocycles. The molecule has 5 nitrogen and oxygen atoms in total. The number of hydrogen-bond donors (Lipinski definition) is 0. The summed E-state index contributed by atoms with van der Waals surface area (Å²) in [6.07, 6.45) is 5.55. The van der Waals surface area contributed by atoms with Crippen LogP contribution in [0.3, 0.4) is 0 Å². The summed E-state index contributed by atoms with van der Waals surface area (Å²) in [6, 6.07) is 16.6. The first-order valence-corrected chi connectivity index (χ1v) is 10.3. The third-order valence-electron chi connectivity index (χ3n) is 5.49. The molecule has 1 aromatic heterocycles. The summed E-state index contributed by atoms with van der Waals surface area (Å²) in [5.41, 5.74) is 6.55. The molecule has 0 radical (unpaired) electrons. The molecule has 0 bridgehead atoms. The van der Waals surface area contributed by atoms with Crippen LogP contribution in [0.15, 0.2) is 60.8 Å². The van der Waals surface area contributed by atoms with E-state index in [2.05, 4.69) is 44.2 Å². The van der Waals surface area contributed by atoms with E-state index in [1.165, 1.54) is 16.7 Å². The van der Waals surface area contributed by atoms with E-state index >= 15 is 0 Å². The highest BCUT2D eigenvalue weighted by Gasteiger charge is 2.15. The maximum Gasteiger partial charge on any atom is 0.246 e. The Morgan fingerprint density at radius 2 is 1.83 bits per heavy atom. The Balaban J connectivity index is 1.65. The second-order valence-corrected chi connectivity index (χ2v) is 7.69. The minimum Gasteiger partial charge on any atom is -0.378 e. The van der Waals surface area contributed by atoms with Crippen molar-refractivity contribution in [1.82, 2.24) is 14.7 Å². The van der Waals surface area contributed by atoms with Crippen molar-refractivity contribution in [2.45, 2.75) is 20.4 Å². The summed E-state index contributed by atoms with van der Waals surface area (Å²) >= 11 is 0. The molecule has 0 atom stereocenters. The number of hydrogen-bond acceptors (Lipinski definition) is 3. The van der Waals surface area contributed by atoms with Crippen LogP contribution < -0.4 is 0 Å². The van der Waals surface area contributed by atoms with Crippen molar-refractivity contribution in [1.29, 1.82) is 0 Å². The summed E-state index contributed by atoms with van der Waals surface area (Å²) in [5.74, 6) is 0.0140. The minimum atomic E-state index is 0.0140. The van der Waals surface area contributed by atoms with Gasteiger partial charge in [0.05, 0.1) is 25.5 Å². The molecule has 4 rings (SSSR count). The van der Waals surface area contributed by atoms with Gasteiger partial charge in [-0.3, -0.25) is 9.48 Å². The molecule has 0 aliphatic carbocycles. The zero-order valence-corrected chi connectivity index (χ0v) is 17.5. The molecule has 2 aromatic carbocycles.